The van der Waals surface area contributed by atoms with Crippen molar-refractivity contribution in [3.8, 4) is 0 Å². The van der Waals surface area contributed by atoms with Gasteiger partial charge in [-0.3, -0.25) is 4.90 Å². The molecule has 2 heteroatoms. The van der Waals surface area contributed by atoms with Gasteiger partial charge in [-0.05, 0) is 61.9 Å². The molecule has 1 aliphatic carbocycles. The number of fused-ring (bicyclic) bond motifs is 1. The van der Waals surface area contributed by atoms with Crippen molar-refractivity contribution in [2.75, 3.05) is 13.1 Å². The van der Waals surface area contributed by atoms with Crippen LogP contribution in [0.1, 0.15) is 36.0 Å². The van der Waals surface area contributed by atoms with Crippen LogP contribution in [0.15, 0.2) is 18.2 Å². The molecule has 0 bridgehead atoms. The predicted octanol–water partition coefficient (Wildman–Crippen LogP) is 2.10. The van der Waals surface area contributed by atoms with Gasteiger partial charge in [-0.25, -0.2) is 0 Å². The molecule has 0 amide bonds. The number of benzene rings is 1. The Balaban J connectivity index is 1.65. The van der Waals surface area contributed by atoms with Crippen LogP contribution in [0.4, 0.5) is 0 Å². The number of hydrogen-bond acceptors (Lipinski definition) is 2. The van der Waals surface area contributed by atoms with Gasteiger partial charge in [0, 0.05) is 12.6 Å². The minimum absolute atomic E-state index is 0.436. The zero-order valence-corrected chi connectivity index (χ0v) is 10.5. The molecule has 2 aliphatic rings. The fourth-order valence-electron chi connectivity index (χ4n) is 3.09. The lowest BCUT2D eigenvalue weighted by molar-refractivity contribution is 0.205. The lowest BCUT2D eigenvalue weighted by Crippen LogP contribution is -2.39. The molecule has 0 aromatic heterocycles. The summed E-state index contributed by atoms with van der Waals surface area (Å²) in [5, 5.41) is 0. The topological polar surface area (TPSA) is 29.3 Å². The van der Waals surface area contributed by atoms with Gasteiger partial charge in [0.2, 0.25) is 0 Å². The number of nitrogens with two attached hydrogens (primary N) is 1. The molecule has 92 valence electrons. The highest BCUT2D eigenvalue weighted by molar-refractivity contribution is 5.35. The minimum Gasteiger partial charge on any atom is -0.328 e. The van der Waals surface area contributed by atoms with Crippen molar-refractivity contribution in [1.82, 2.24) is 4.90 Å². The van der Waals surface area contributed by atoms with Crippen LogP contribution in [0, 0.1) is 0 Å². The molecule has 0 saturated carbocycles. The first-order valence-corrected chi connectivity index (χ1v) is 6.90. The van der Waals surface area contributed by atoms with Crippen molar-refractivity contribution in [1.29, 1.82) is 0 Å². The van der Waals surface area contributed by atoms with Crippen LogP contribution in [0.25, 0.3) is 0 Å². The summed E-state index contributed by atoms with van der Waals surface area (Å²) in [6, 6.07) is 7.52. The number of piperidine rings is 1. The van der Waals surface area contributed by atoms with Gasteiger partial charge in [-0.15, -0.1) is 0 Å². The summed E-state index contributed by atoms with van der Waals surface area (Å²) in [6.07, 6.45) is 6.23. The summed E-state index contributed by atoms with van der Waals surface area (Å²) < 4.78 is 0. The maximum atomic E-state index is 5.94. The third-order valence-electron chi connectivity index (χ3n) is 4.20. The van der Waals surface area contributed by atoms with Crippen molar-refractivity contribution in [3.63, 3.8) is 0 Å². The Morgan fingerprint density at radius 1 is 1.12 bits per heavy atom. The normalized spacial score (nSPS) is 21.7. The second-order valence-corrected chi connectivity index (χ2v) is 5.57. The monoisotopic (exact) mass is 230 g/mol. The van der Waals surface area contributed by atoms with E-state index in [4.69, 9.17) is 5.73 Å². The standard InChI is InChI=1S/C15H22N2/c16-15-6-8-17(9-7-15)11-12-4-5-13-2-1-3-14(13)10-12/h4-5,10,15H,1-3,6-9,11,16H2. The molecule has 1 fully saturated rings. The SMILES string of the molecule is NC1CCN(Cc2ccc3c(c2)CCC3)CC1. The van der Waals surface area contributed by atoms with Gasteiger partial charge in [-0.1, -0.05) is 18.2 Å². The van der Waals surface area contributed by atoms with E-state index in [0.29, 0.717) is 6.04 Å². The fraction of sp³-hybridized carbons (Fsp3) is 0.600. The van der Waals surface area contributed by atoms with E-state index >= 15 is 0 Å². The summed E-state index contributed by atoms with van der Waals surface area (Å²) in [5.74, 6) is 0. The Labute approximate surface area is 104 Å². The molecule has 1 aliphatic heterocycles. The molecule has 0 unspecified atom stereocenters. The van der Waals surface area contributed by atoms with E-state index in [-0.39, 0.29) is 0 Å². The predicted molar refractivity (Wildman–Crippen MR) is 71.0 cm³/mol. The van der Waals surface area contributed by atoms with Crippen LogP contribution < -0.4 is 5.73 Å². The quantitative estimate of drug-likeness (QED) is 0.843. The summed E-state index contributed by atoms with van der Waals surface area (Å²) in [5.41, 5.74) is 10.6. The van der Waals surface area contributed by atoms with Crippen molar-refractivity contribution >= 4 is 0 Å². The zero-order chi connectivity index (χ0) is 11.7. The smallest absolute Gasteiger partial charge is 0.0233 e. The largest absolute Gasteiger partial charge is 0.328 e. The van der Waals surface area contributed by atoms with E-state index in [1.54, 1.807) is 11.1 Å². The lowest BCUT2D eigenvalue weighted by atomic mass is 10.0. The zero-order valence-electron chi connectivity index (χ0n) is 10.5. The van der Waals surface area contributed by atoms with Gasteiger partial charge in [0.05, 0.1) is 0 Å². The molecule has 0 atom stereocenters. The van der Waals surface area contributed by atoms with Crippen LogP contribution in [0.2, 0.25) is 0 Å². The van der Waals surface area contributed by atoms with E-state index in [1.807, 2.05) is 0 Å². The second-order valence-electron chi connectivity index (χ2n) is 5.57. The number of nitrogens with zero attached hydrogens (tertiary/aromatic N) is 1. The highest BCUT2D eigenvalue weighted by Crippen LogP contribution is 2.23. The molecule has 17 heavy (non-hydrogen) atoms. The van der Waals surface area contributed by atoms with Crippen molar-refractivity contribution in [2.24, 2.45) is 5.73 Å². The summed E-state index contributed by atoms with van der Waals surface area (Å²) in [4.78, 5) is 2.54. The molecule has 3 rings (SSSR count). The molecule has 1 heterocycles. The molecule has 2 nitrogen and oxygen atoms in total. The van der Waals surface area contributed by atoms with Crippen molar-refractivity contribution in [3.05, 3.63) is 34.9 Å². The first kappa shape index (κ1) is 11.2. The van der Waals surface area contributed by atoms with E-state index in [1.165, 1.54) is 24.8 Å². The third kappa shape index (κ3) is 2.53. The molecule has 1 saturated heterocycles. The second kappa shape index (κ2) is 4.79. The third-order valence-corrected chi connectivity index (χ3v) is 4.20. The Hall–Kier alpha value is -0.860. The Bertz CT molecular complexity index is 392. The molecule has 1 aromatic rings. The van der Waals surface area contributed by atoms with Crippen LogP contribution in [0.3, 0.4) is 0 Å². The van der Waals surface area contributed by atoms with Gasteiger partial charge < -0.3 is 5.73 Å². The van der Waals surface area contributed by atoms with Gasteiger partial charge in [-0.2, -0.15) is 0 Å². The molecule has 0 spiro atoms. The maximum Gasteiger partial charge on any atom is 0.0233 e. The summed E-state index contributed by atoms with van der Waals surface area (Å²) in [7, 11) is 0. The number of rotatable bonds is 2. The highest BCUT2D eigenvalue weighted by atomic mass is 15.1. The van der Waals surface area contributed by atoms with E-state index in [0.717, 1.165) is 32.5 Å². The van der Waals surface area contributed by atoms with Crippen LogP contribution in [-0.4, -0.2) is 24.0 Å². The fourth-order valence-corrected chi connectivity index (χ4v) is 3.09. The van der Waals surface area contributed by atoms with Crippen molar-refractivity contribution in [2.45, 2.75) is 44.7 Å². The molecular formula is C15H22N2. The average Bonchev–Trinajstić information content (AvgIpc) is 2.79. The van der Waals surface area contributed by atoms with Gasteiger partial charge >= 0.3 is 0 Å². The van der Waals surface area contributed by atoms with Crippen LogP contribution in [-0.2, 0) is 19.4 Å². The van der Waals surface area contributed by atoms with Gasteiger partial charge in [0.25, 0.3) is 0 Å². The highest BCUT2D eigenvalue weighted by Gasteiger charge is 2.17. The van der Waals surface area contributed by atoms with Crippen LogP contribution in [0.5, 0.6) is 0 Å². The van der Waals surface area contributed by atoms with Gasteiger partial charge in [0.1, 0.15) is 0 Å². The molecule has 0 radical (unpaired) electrons. The van der Waals surface area contributed by atoms with Crippen LogP contribution >= 0.6 is 0 Å². The number of likely N-dealkylation sites (tertiary alicyclic amines) is 1. The van der Waals surface area contributed by atoms with Crippen molar-refractivity contribution < 1.29 is 0 Å². The van der Waals surface area contributed by atoms with Gasteiger partial charge in [0.15, 0.2) is 0 Å². The maximum absolute atomic E-state index is 5.94. The van der Waals surface area contributed by atoms with E-state index < -0.39 is 0 Å². The average molecular weight is 230 g/mol. The molecular weight excluding hydrogens is 208 g/mol. The van der Waals surface area contributed by atoms with E-state index in [2.05, 4.69) is 23.1 Å². The minimum atomic E-state index is 0.436. The lowest BCUT2D eigenvalue weighted by Gasteiger charge is -2.30. The Morgan fingerprint density at radius 2 is 1.88 bits per heavy atom. The Kier molecular flexibility index (Phi) is 3.17. The number of hydrogen-bond donors (Lipinski definition) is 1. The number of aryl methyl sites for hydroxylation is 2. The molecule has 2 N–H and O–H groups in total. The van der Waals surface area contributed by atoms with E-state index in [9.17, 15) is 0 Å². The summed E-state index contributed by atoms with van der Waals surface area (Å²) in [6.45, 7) is 3.44. The Morgan fingerprint density at radius 3 is 2.71 bits per heavy atom. The molecule has 1 aromatic carbocycles. The first-order chi connectivity index (χ1) is 8.31. The summed E-state index contributed by atoms with van der Waals surface area (Å²) >= 11 is 0. The first-order valence-electron chi connectivity index (χ1n) is 6.90.